The van der Waals surface area contributed by atoms with Crippen LogP contribution in [0, 0.1) is 11.8 Å². The summed E-state index contributed by atoms with van der Waals surface area (Å²) in [5.74, 6) is -1.55. The van der Waals surface area contributed by atoms with Crippen molar-refractivity contribution in [2.45, 2.75) is 26.1 Å². The Morgan fingerprint density at radius 2 is 2.08 bits per heavy atom. The second kappa shape index (κ2) is 7.06. The number of nitrogens with one attached hydrogen (secondary N) is 1. The maximum Gasteiger partial charge on any atom is 0.433 e. The van der Waals surface area contributed by atoms with Crippen molar-refractivity contribution in [2.75, 3.05) is 13.1 Å². The Morgan fingerprint density at radius 1 is 1.38 bits per heavy atom. The molecule has 1 aliphatic heterocycles. The van der Waals surface area contributed by atoms with Gasteiger partial charge in [0.15, 0.2) is 0 Å². The quantitative estimate of drug-likeness (QED) is 0.881. The van der Waals surface area contributed by atoms with Gasteiger partial charge in [0.1, 0.15) is 5.69 Å². The molecule has 1 aromatic rings. The lowest BCUT2D eigenvalue weighted by Gasteiger charge is -2.34. The number of carbonyl (C=O) groups is 2. The number of carboxylic acids is 1. The number of nitrogens with zero attached hydrogens (tertiary/aromatic N) is 2. The first-order valence-electron chi connectivity index (χ1n) is 7.45. The second-order valence-electron chi connectivity index (χ2n) is 5.95. The molecule has 2 N–H and O–H groups in total. The number of alkyl halides is 3. The molecule has 0 bridgehead atoms. The fraction of sp³-hybridized carbons (Fsp3) is 0.533. The van der Waals surface area contributed by atoms with Crippen LogP contribution in [0.15, 0.2) is 18.2 Å². The van der Waals surface area contributed by atoms with E-state index in [-0.39, 0.29) is 24.7 Å². The molecule has 0 aromatic carbocycles. The summed E-state index contributed by atoms with van der Waals surface area (Å²) in [6.45, 7) is 2.18. The molecule has 0 saturated carbocycles. The van der Waals surface area contributed by atoms with E-state index in [1.165, 1.54) is 17.0 Å². The molecule has 0 unspecified atom stereocenters. The van der Waals surface area contributed by atoms with Crippen LogP contribution in [0.4, 0.5) is 18.0 Å². The zero-order valence-electron chi connectivity index (χ0n) is 13.0. The number of aliphatic carboxylic acids is 1. The second-order valence-corrected chi connectivity index (χ2v) is 5.95. The molecule has 0 aliphatic carbocycles. The summed E-state index contributed by atoms with van der Waals surface area (Å²) >= 11 is 0. The number of hydrogen-bond acceptors (Lipinski definition) is 3. The molecular weight excluding hydrogens is 327 g/mol. The third-order valence-corrected chi connectivity index (χ3v) is 3.81. The number of halogens is 3. The van der Waals surface area contributed by atoms with Crippen molar-refractivity contribution in [3.05, 3.63) is 29.6 Å². The van der Waals surface area contributed by atoms with Crippen LogP contribution in [0.1, 0.15) is 24.7 Å². The molecule has 1 aromatic heterocycles. The van der Waals surface area contributed by atoms with Gasteiger partial charge in [-0.05, 0) is 24.5 Å². The van der Waals surface area contributed by atoms with Crippen molar-refractivity contribution in [1.29, 1.82) is 0 Å². The number of rotatable bonds is 3. The summed E-state index contributed by atoms with van der Waals surface area (Å²) in [6.07, 6.45) is -4.05. The largest absolute Gasteiger partial charge is 0.481 e. The van der Waals surface area contributed by atoms with Crippen molar-refractivity contribution in [2.24, 2.45) is 11.8 Å². The Morgan fingerprint density at radius 3 is 2.71 bits per heavy atom. The van der Waals surface area contributed by atoms with Crippen LogP contribution >= 0.6 is 0 Å². The molecule has 1 aliphatic rings. The van der Waals surface area contributed by atoms with Crippen LogP contribution in [0.2, 0.25) is 0 Å². The average molecular weight is 345 g/mol. The van der Waals surface area contributed by atoms with Crippen molar-refractivity contribution in [3.63, 3.8) is 0 Å². The lowest BCUT2D eigenvalue weighted by molar-refractivity contribution is -0.144. The third kappa shape index (κ3) is 4.59. The van der Waals surface area contributed by atoms with Gasteiger partial charge in [0, 0.05) is 13.1 Å². The first-order chi connectivity index (χ1) is 11.2. The predicted octanol–water partition coefficient (Wildman–Crippen LogP) is 2.35. The minimum atomic E-state index is -4.54. The lowest BCUT2D eigenvalue weighted by atomic mass is 9.91. The zero-order valence-corrected chi connectivity index (χ0v) is 13.0. The van der Waals surface area contributed by atoms with Gasteiger partial charge in [-0.25, -0.2) is 9.78 Å². The summed E-state index contributed by atoms with van der Waals surface area (Å²) in [4.78, 5) is 28.1. The predicted molar refractivity (Wildman–Crippen MR) is 78.0 cm³/mol. The van der Waals surface area contributed by atoms with Gasteiger partial charge in [-0.15, -0.1) is 0 Å². The van der Waals surface area contributed by atoms with Gasteiger partial charge in [0.25, 0.3) is 0 Å². The highest BCUT2D eigenvalue weighted by molar-refractivity contribution is 5.76. The van der Waals surface area contributed by atoms with Crippen molar-refractivity contribution >= 4 is 12.0 Å². The van der Waals surface area contributed by atoms with Crippen molar-refractivity contribution in [1.82, 2.24) is 15.2 Å². The highest BCUT2D eigenvalue weighted by Gasteiger charge is 2.33. The summed E-state index contributed by atoms with van der Waals surface area (Å²) in [5, 5.41) is 11.6. The molecular formula is C15H18F3N3O3. The van der Waals surface area contributed by atoms with Gasteiger partial charge >= 0.3 is 18.2 Å². The van der Waals surface area contributed by atoms with Crippen LogP contribution in [0.5, 0.6) is 0 Å². The maximum absolute atomic E-state index is 12.6. The van der Waals surface area contributed by atoms with Gasteiger partial charge < -0.3 is 15.3 Å². The van der Waals surface area contributed by atoms with E-state index in [1.807, 2.05) is 6.92 Å². The minimum absolute atomic E-state index is 0.0392. The van der Waals surface area contributed by atoms with Crippen LogP contribution < -0.4 is 5.32 Å². The molecule has 24 heavy (non-hydrogen) atoms. The Balaban J connectivity index is 1.97. The normalized spacial score (nSPS) is 21.4. The first-order valence-corrected chi connectivity index (χ1v) is 7.45. The molecule has 2 rings (SSSR count). The Bertz CT molecular complexity index is 621. The van der Waals surface area contributed by atoms with E-state index in [1.54, 1.807) is 0 Å². The van der Waals surface area contributed by atoms with Gasteiger partial charge in [-0.2, -0.15) is 13.2 Å². The lowest BCUT2D eigenvalue weighted by Crippen LogP contribution is -2.49. The van der Waals surface area contributed by atoms with Gasteiger partial charge in [0.2, 0.25) is 0 Å². The monoisotopic (exact) mass is 345 g/mol. The fourth-order valence-electron chi connectivity index (χ4n) is 2.71. The molecule has 2 atom stereocenters. The number of hydrogen-bond donors (Lipinski definition) is 2. The first kappa shape index (κ1) is 18.0. The van der Waals surface area contributed by atoms with Crippen molar-refractivity contribution < 1.29 is 27.9 Å². The summed E-state index contributed by atoms with van der Waals surface area (Å²) < 4.78 is 37.8. The van der Waals surface area contributed by atoms with E-state index >= 15 is 0 Å². The third-order valence-electron chi connectivity index (χ3n) is 3.81. The molecule has 2 amide bonds. The van der Waals surface area contributed by atoms with E-state index in [0.29, 0.717) is 13.0 Å². The van der Waals surface area contributed by atoms with Gasteiger partial charge in [-0.1, -0.05) is 13.0 Å². The van der Waals surface area contributed by atoms with E-state index < -0.39 is 29.8 Å². The smallest absolute Gasteiger partial charge is 0.433 e. The summed E-state index contributed by atoms with van der Waals surface area (Å²) in [7, 11) is 0. The van der Waals surface area contributed by atoms with Gasteiger partial charge in [-0.3, -0.25) is 4.79 Å². The van der Waals surface area contributed by atoms with Crippen LogP contribution in [0.3, 0.4) is 0 Å². The molecule has 6 nitrogen and oxygen atoms in total. The number of piperidine rings is 1. The standard InChI is InChI=1S/C15H18F3N3O3/c1-9-5-10(13(22)23)8-21(7-9)14(24)19-6-11-3-2-4-12(20-11)15(16,17)18/h2-4,9-10H,5-8H2,1H3,(H,19,24)(H,22,23)/t9-,10+/m0/s1. The van der Waals surface area contributed by atoms with Crippen LogP contribution in [-0.4, -0.2) is 40.1 Å². The van der Waals surface area contributed by atoms with Crippen LogP contribution in [-0.2, 0) is 17.5 Å². The van der Waals surface area contributed by atoms with Crippen LogP contribution in [0.25, 0.3) is 0 Å². The van der Waals surface area contributed by atoms with Gasteiger partial charge in [0.05, 0.1) is 18.2 Å². The minimum Gasteiger partial charge on any atom is -0.481 e. The zero-order chi connectivity index (χ0) is 17.9. The number of urea groups is 1. The topological polar surface area (TPSA) is 82.5 Å². The Kier molecular flexibility index (Phi) is 5.30. The number of carbonyl (C=O) groups excluding carboxylic acids is 1. The fourth-order valence-corrected chi connectivity index (χ4v) is 2.71. The number of likely N-dealkylation sites (tertiary alicyclic amines) is 1. The Hall–Kier alpha value is -2.32. The molecule has 0 radical (unpaired) electrons. The molecule has 1 fully saturated rings. The number of aromatic nitrogens is 1. The summed E-state index contributed by atoms with van der Waals surface area (Å²) in [6, 6.07) is 2.96. The average Bonchev–Trinajstić information content (AvgIpc) is 2.51. The van der Waals surface area contributed by atoms with E-state index in [4.69, 9.17) is 5.11 Å². The molecule has 1 saturated heterocycles. The molecule has 0 spiro atoms. The molecule has 132 valence electrons. The summed E-state index contributed by atoms with van der Waals surface area (Å²) in [5.41, 5.74) is -0.940. The highest BCUT2D eigenvalue weighted by atomic mass is 19.4. The maximum atomic E-state index is 12.6. The molecule has 2 heterocycles. The van der Waals surface area contributed by atoms with Crippen molar-refractivity contribution in [3.8, 4) is 0 Å². The number of amides is 2. The Labute approximate surface area is 136 Å². The SMILES string of the molecule is C[C@H]1C[C@@H](C(=O)O)CN(C(=O)NCc2cccc(C(F)(F)F)n2)C1. The van der Waals surface area contributed by atoms with E-state index in [0.717, 1.165) is 6.07 Å². The highest BCUT2D eigenvalue weighted by Crippen LogP contribution is 2.27. The van der Waals surface area contributed by atoms with E-state index in [9.17, 15) is 22.8 Å². The number of carboxylic acid groups (broad SMARTS) is 1. The molecule has 9 heteroatoms. The van der Waals surface area contributed by atoms with E-state index in [2.05, 4.69) is 10.3 Å². The number of pyridine rings is 1.